The second-order valence-corrected chi connectivity index (χ2v) is 5.61. The number of hydrogen-bond donors (Lipinski definition) is 1. The molecule has 18 heavy (non-hydrogen) atoms. The topological polar surface area (TPSA) is 32.3 Å². The number of nitrogens with one attached hydrogen (secondary N) is 1. The highest BCUT2D eigenvalue weighted by Gasteiger charge is 2.32. The Kier molecular flexibility index (Phi) is 4.02. The maximum absolute atomic E-state index is 13.5. The lowest BCUT2D eigenvalue weighted by molar-refractivity contribution is -0.118. The van der Waals surface area contributed by atoms with Crippen molar-refractivity contribution in [3.05, 3.63) is 28.5 Å². The molecular formula is C13H16BrFN2O. The molecule has 1 aliphatic heterocycles. The first kappa shape index (κ1) is 13.5. The van der Waals surface area contributed by atoms with Crippen molar-refractivity contribution in [2.45, 2.75) is 32.4 Å². The van der Waals surface area contributed by atoms with Crippen molar-refractivity contribution in [3.63, 3.8) is 0 Å². The molecule has 1 heterocycles. The maximum Gasteiger partial charge on any atom is 0.244 e. The molecule has 1 aromatic carbocycles. The number of hydrogen-bond acceptors (Lipinski definition) is 2. The van der Waals surface area contributed by atoms with Crippen LogP contribution in [0.5, 0.6) is 0 Å². The molecule has 0 radical (unpaired) electrons. The summed E-state index contributed by atoms with van der Waals surface area (Å²) in [7, 11) is 0. The molecule has 5 heteroatoms. The van der Waals surface area contributed by atoms with Crippen LogP contribution in [0.15, 0.2) is 22.7 Å². The van der Waals surface area contributed by atoms with Gasteiger partial charge in [-0.05, 0) is 40.5 Å². The van der Waals surface area contributed by atoms with Crippen molar-refractivity contribution in [2.24, 2.45) is 0 Å². The summed E-state index contributed by atoms with van der Waals surface area (Å²) in [4.78, 5) is 13.8. The van der Waals surface area contributed by atoms with Gasteiger partial charge in [0.05, 0.1) is 10.5 Å². The third-order valence-corrected chi connectivity index (χ3v) is 3.60. The standard InChI is InChI=1S/C13H16BrFN2O/c1-8(2)16-12-5-6-17(13(12)18)9-3-4-10(14)11(15)7-9/h3-4,7-8,12,16H,5-6H2,1-2H3. The van der Waals surface area contributed by atoms with Crippen molar-refractivity contribution in [1.82, 2.24) is 5.32 Å². The van der Waals surface area contributed by atoms with E-state index >= 15 is 0 Å². The monoisotopic (exact) mass is 314 g/mol. The number of nitrogens with zero attached hydrogens (tertiary/aromatic N) is 1. The summed E-state index contributed by atoms with van der Waals surface area (Å²) in [6.07, 6.45) is 0.759. The van der Waals surface area contributed by atoms with Crippen molar-refractivity contribution < 1.29 is 9.18 Å². The molecule has 1 unspecified atom stereocenters. The Hall–Kier alpha value is -0.940. The Morgan fingerprint density at radius 2 is 2.22 bits per heavy atom. The summed E-state index contributed by atoms with van der Waals surface area (Å²) < 4.78 is 13.9. The van der Waals surface area contributed by atoms with Gasteiger partial charge in [0.1, 0.15) is 5.82 Å². The van der Waals surface area contributed by atoms with E-state index in [1.54, 1.807) is 17.0 Å². The van der Waals surface area contributed by atoms with Crippen LogP contribution in [0.2, 0.25) is 0 Å². The van der Waals surface area contributed by atoms with Gasteiger partial charge in [-0.3, -0.25) is 4.79 Å². The van der Waals surface area contributed by atoms with Crippen LogP contribution in [0.25, 0.3) is 0 Å². The lowest BCUT2D eigenvalue weighted by atomic mass is 10.2. The molecule has 1 aromatic rings. The predicted molar refractivity (Wildman–Crippen MR) is 73.1 cm³/mol. The van der Waals surface area contributed by atoms with Crippen LogP contribution in [0.3, 0.4) is 0 Å². The number of rotatable bonds is 3. The molecule has 98 valence electrons. The lowest BCUT2D eigenvalue weighted by Crippen LogP contribution is -2.41. The Balaban J connectivity index is 2.15. The summed E-state index contributed by atoms with van der Waals surface area (Å²) in [5, 5.41) is 3.22. The molecule has 1 fully saturated rings. The Labute approximate surface area is 114 Å². The third kappa shape index (κ3) is 2.72. The predicted octanol–water partition coefficient (Wildman–Crippen LogP) is 2.69. The molecule has 0 spiro atoms. The van der Waals surface area contributed by atoms with Crippen LogP contribution in [0, 0.1) is 5.82 Å². The van der Waals surface area contributed by atoms with E-state index in [0.29, 0.717) is 16.7 Å². The summed E-state index contributed by atoms with van der Waals surface area (Å²) >= 11 is 3.11. The van der Waals surface area contributed by atoms with Gasteiger partial charge in [-0.15, -0.1) is 0 Å². The van der Waals surface area contributed by atoms with Crippen molar-refractivity contribution in [3.8, 4) is 0 Å². The first-order chi connectivity index (χ1) is 8.49. The van der Waals surface area contributed by atoms with Crippen molar-refractivity contribution in [2.75, 3.05) is 11.4 Å². The molecule has 0 bridgehead atoms. The Bertz CT molecular complexity index is 464. The van der Waals surface area contributed by atoms with E-state index in [1.807, 2.05) is 13.8 Å². The molecule has 0 aliphatic carbocycles. The fraction of sp³-hybridized carbons (Fsp3) is 0.462. The van der Waals surface area contributed by atoms with Crippen LogP contribution < -0.4 is 10.2 Å². The molecule has 1 saturated heterocycles. The van der Waals surface area contributed by atoms with Crippen LogP contribution in [0.4, 0.5) is 10.1 Å². The van der Waals surface area contributed by atoms with Gasteiger partial charge in [-0.1, -0.05) is 13.8 Å². The number of anilines is 1. The number of carbonyl (C=O) groups excluding carboxylic acids is 1. The molecular weight excluding hydrogens is 299 g/mol. The normalized spacial score (nSPS) is 19.9. The van der Waals surface area contributed by atoms with E-state index in [1.165, 1.54) is 6.07 Å². The second kappa shape index (κ2) is 5.36. The van der Waals surface area contributed by atoms with Crippen molar-refractivity contribution >= 4 is 27.5 Å². The average Bonchev–Trinajstić information content (AvgIpc) is 2.64. The Morgan fingerprint density at radius 3 is 2.83 bits per heavy atom. The molecule has 0 aromatic heterocycles. The molecule has 1 atom stereocenters. The smallest absolute Gasteiger partial charge is 0.244 e. The van der Waals surface area contributed by atoms with E-state index in [9.17, 15) is 9.18 Å². The van der Waals surface area contributed by atoms with Gasteiger partial charge in [-0.2, -0.15) is 0 Å². The lowest BCUT2D eigenvalue weighted by Gasteiger charge is -2.18. The fourth-order valence-electron chi connectivity index (χ4n) is 2.15. The molecule has 1 N–H and O–H groups in total. The Morgan fingerprint density at radius 1 is 1.50 bits per heavy atom. The van der Waals surface area contributed by atoms with Gasteiger partial charge in [0.2, 0.25) is 5.91 Å². The quantitative estimate of drug-likeness (QED) is 0.930. The zero-order valence-electron chi connectivity index (χ0n) is 10.4. The summed E-state index contributed by atoms with van der Waals surface area (Å²) in [6, 6.07) is 4.88. The van der Waals surface area contributed by atoms with Crippen LogP contribution in [-0.4, -0.2) is 24.5 Å². The number of halogens is 2. The first-order valence-electron chi connectivity index (χ1n) is 6.01. The van der Waals surface area contributed by atoms with Gasteiger partial charge < -0.3 is 10.2 Å². The molecule has 2 rings (SSSR count). The number of carbonyl (C=O) groups is 1. The highest BCUT2D eigenvalue weighted by Crippen LogP contribution is 2.26. The number of benzene rings is 1. The average molecular weight is 315 g/mol. The fourth-order valence-corrected chi connectivity index (χ4v) is 2.39. The van der Waals surface area contributed by atoms with Crippen LogP contribution in [0.1, 0.15) is 20.3 Å². The largest absolute Gasteiger partial charge is 0.311 e. The van der Waals surface area contributed by atoms with Gasteiger partial charge in [0.25, 0.3) is 0 Å². The molecule has 3 nitrogen and oxygen atoms in total. The van der Waals surface area contributed by atoms with Gasteiger partial charge in [0.15, 0.2) is 0 Å². The van der Waals surface area contributed by atoms with E-state index in [0.717, 1.165) is 6.42 Å². The molecule has 1 aliphatic rings. The van der Waals surface area contributed by atoms with Crippen LogP contribution >= 0.6 is 15.9 Å². The van der Waals surface area contributed by atoms with E-state index in [2.05, 4.69) is 21.2 Å². The van der Waals surface area contributed by atoms with Crippen LogP contribution in [-0.2, 0) is 4.79 Å². The van der Waals surface area contributed by atoms with Crippen molar-refractivity contribution in [1.29, 1.82) is 0 Å². The van der Waals surface area contributed by atoms with Gasteiger partial charge in [0, 0.05) is 18.3 Å². The zero-order chi connectivity index (χ0) is 13.3. The molecule has 1 amide bonds. The highest BCUT2D eigenvalue weighted by atomic mass is 79.9. The van der Waals surface area contributed by atoms with E-state index in [4.69, 9.17) is 0 Å². The van der Waals surface area contributed by atoms with E-state index in [-0.39, 0.29) is 23.8 Å². The number of amides is 1. The second-order valence-electron chi connectivity index (χ2n) is 4.75. The highest BCUT2D eigenvalue weighted by molar-refractivity contribution is 9.10. The minimum Gasteiger partial charge on any atom is -0.311 e. The third-order valence-electron chi connectivity index (χ3n) is 2.95. The van der Waals surface area contributed by atoms with Gasteiger partial charge in [-0.25, -0.2) is 4.39 Å². The SMILES string of the molecule is CC(C)NC1CCN(c2ccc(Br)c(F)c2)C1=O. The summed E-state index contributed by atoms with van der Waals surface area (Å²) in [5.41, 5.74) is 0.619. The maximum atomic E-state index is 13.5. The summed E-state index contributed by atoms with van der Waals surface area (Å²) in [5.74, 6) is -0.328. The molecule has 0 saturated carbocycles. The first-order valence-corrected chi connectivity index (χ1v) is 6.81. The minimum absolute atomic E-state index is 0.0189. The minimum atomic E-state index is -0.347. The zero-order valence-corrected chi connectivity index (χ0v) is 12.0. The summed E-state index contributed by atoms with van der Waals surface area (Å²) in [6.45, 7) is 4.65. The van der Waals surface area contributed by atoms with Gasteiger partial charge >= 0.3 is 0 Å². The van der Waals surface area contributed by atoms with E-state index < -0.39 is 0 Å².